The summed E-state index contributed by atoms with van der Waals surface area (Å²) in [6, 6.07) is 4.88. The zero-order chi connectivity index (χ0) is 14.4. The quantitative estimate of drug-likeness (QED) is 0.858. The summed E-state index contributed by atoms with van der Waals surface area (Å²) in [5.74, 6) is -0.125. The Kier molecular flexibility index (Phi) is 5.96. The third kappa shape index (κ3) is 4.31. The van der Waals surface area contributed by atoms with Crippen LogP contribution in [-0.2, 0) is 11.3 Å². The maximum Gasteiger partial charge on any atom is 0.239 e. The Balaban J connectivity index is 2.56. The second-order valence-corrected chi connectivity index (χ2v) is 4.70. The van der Waals surface area contributed by atoms with E-state index < -0.39 is 0 Å². The third-order valence-corrected chi connectivity index (χ3v) is 3.29. The molecule has 4 heteroatoms. The van der Waals surface area contributed by atoms with Gasteiger partial charge in [0.25, 0.3) is 0 Å². The number of aryl methyl sites for hydroxylation is 1. The lowest BCUT2D eigenvalue weighted by atomic mass is 10.1. The second-order valence-electron chi connectivity index (χ2n) is 4.70. The molecule has 0 bridgehead atoms. The number of nitrogens with one attached hydrogen (secondary N) is 1. The summed E-state index contributed by atoms with van der Waals surface area (Å²) in [6.07, 6.45) is 0. The molecule has 0 aliphatic carbocycles. The van der Waals surface area contributed by atoms with Gasteiger partial charge < -0.3 is 10.2 Å². The monoisotopic (exact) mass is 266 g/mol. The van der Waals surface area contributed by atoms with Gasteiger partial charge in [0.2, 0.25) is 5.91 Å². The maximum atomic E-state index is 13.4. The van der Waals surface area contributed by atoms with E-state index in [1.54, 1.807) is 17.9 Å². The summed E-state index contributed by atoms with van der Waals surface area (Å²) in [7, 11) is 0. The van der Waals surface area contributed by atoms with Crippen molar-refractivity contribution in [2.75, 3.05) is 13.1 Å². The Hall–Kier alpha value is -1.42. The first-order valence-electron chi connectivity index (χ1n) is 6.76. The van der Waals surface area contributed by atoms with E-state index in [0.717, 1.165) is 5.56 Å². The largest absolute Gasteiger partial charge is 0.342 e. The number of likely N-dealkylation sites (N-methyl/N-ethyl adjacent to an activating group) is 1. The van der Waals surface area contributed by atoms with Gasteiger partial charge in [-0.2, -0.15) is 0 Å². The Labute approximate surface area is 114 Å². The minimum Gasteiger partial charge on any atom is -0.342 e. The van der Waals surface area contributed by atoms with Gasteiger partial charge >= 0.3 is 0 Å². The van der Waals surface area contributed by atoms with E-state index >= 15 is 0 Å². The van der Waals surface area contributed by atoms with Crippen LogP contribution in [0.15, 0.2) is 18.2 Å². The molecule has 0 aliphatic heterocycles. The first kappa shape index (κ1) is 15.6. The molecule has 1 amide bonds. The van der Waals surface area contributed by atoms with Crippen LogP contribution in [0.1, 0.15) is 31.9 Å². The molecule has 0 saturated carbocycles. The Morgan fingerprint density at radius 3 is 2.53 bits per heavy atom. The standard InChI is InChI=1S/C15H23FN2O/c1-5-18(6-2)15(19)12(4)17-10-13-8-7-11(3)14(16)9-13/h7-9,12,17H,5-6,10H2,1-4H3. The van der Waals surface area contributed by atoms with Gasteiger partial charge in [-0.3, -0.25) is 4.79 Å². The normalized spacial score (nSPS) is 12.3. The third-order valence-electron chi connectivity index (χ3n) is 3.29. The fourth-order valence-corrected chi connectivity index (χ4v) is 1.91. The summed E-state index contributed by atoms with van der Waals surface area (Å²) in [5.41, 5.74) is 1.48. The van der Waals surface area contributed by atoms with Gasteiger partial charge in [-0.1, -0.05) is 12.1 Å². The highest BCUT2D eigenvalue weighted by Crippen LogP contribution is 2.09. The van der Waals surface area contributed by atoms with Crippen LogP contribution >= 0.6 is 0 Å². The van der Waals surface area contributed by atoms with Gasteiger partial charge in [0.1, 0.15) is 5.82 Å². The number of rotatable bonds is 6. The number of benzene rings is 1. The van der Waals surface area contributed by atoms with Crippen molar-refractivity contribution in [2.45, 2.75) is 40.3 Å². The van der Waals surface area contributed by atoms with Crippen LogP contribution in [0.3, 0.4) is 0 Å². The number of halogens is 1. The molecule has 1 rings (SSSR count). The lowest BCUT2D eigenvalue weighted by Gasteiger charge is -2.23. The van der Waals surface area contributed by atoms with Crippen LogP contribution < -0.4 is 5.32 Å². The van der Waals surface area contributed by atoms with Gasteiger partial charge in [0, 0.05) is 19.6 Å². The minimum absolute atomic E-state index is 0.0811. The Bertz CT molecular complexity index is 430. The molecule has 0 saturated heterocycles. The van der Waals surface area contributed by atoms with E-state index in [2.05, 4.69) is 5.32 Å². The van der Waals surface area contributed by atoms with Crippen molar-refractivity contribution in [2.24, 2.45) is 0 Å². The highest BCUT2D eigenvalue weighted by molar-refractivity contribution is 5.81. The molecule has 3 nitrogen and oxygen atoms in total. The van der Waals surface area contributed by atoms with Crippen molar-refractivity contribution in [1.29, 1.82) is 0 Å². The average Bonchev–Trinajstić information content (AvgIpc) is 2.41. The first-order valence-corrected chi connectivity index (χ1v) is 6.76. The SMILES string of the molecule is CCN(CC)C(=O)C(C)NCc1ccc(C)c(F)c1. The predicted molar refractivity (Wildman–Crippen MR) is 75.4 cm³/mol. The molecule has 0 aliphatic rings. The lowest BCUT2D eigenvalue weighted by Crippen LogP contribution is -2.44. The number of carbonyl (C=O) groups excluding carboxylic acids is 1. The highest BCUT2D eigenvalue weighted by atomic mass is 19.1. The summed E-state index contributed by atoms with van der Waals surface area (Å²) in [5, 5.41) is 3.14. The van der Waals surface area contributed by atoms with Crippen molar-refractivity contribution in [3.05, 3.63) is 35.1 Å². The summed E-state index contributed by atoms with van der Waals surface area (Å²) >= 11 is 0. The van der Waals surface area contributed by atoms with Gasteiger partial charge in [0.15, 0.2) is 0 Å². The van der Waals surface area contributed by atoms with Gasteiger partial charge in [-0.05, 0) is 44.9 Å². The predicted octanol–water partition coefficient (Wildman–Crippen LogP) is 2.48. The molecular weight excluding hydrogens is 243 g/mol. The average molecular weight is 266 g/mol. The highest BCUT2D eigenvalue weighted by Gasteiger charge is 2.17. The molecule has 0 fully saturated rings. The van der Waals surface area contributed by atoms with E-state index in [9.17, 15) is 9.18 Å². The molecule has 106 valence electrons. The molecule has 1 atom stereocenters. The molecule has 19 heavy (non-hydrogen) atoms. The van der Waals surface area contributed by atoms with Crippen LogP contribution in [0, 0.1) is 12.7 Å². The number of hydrogen-bond acceptors (Lipinski definition) is 2. The van der Waals surface area contributed by atoms with Gasteiger partial charge in [-0.15, -0.1) is 0 Å². The maximum absolute atomic E-state index is 13.4. The summed E-state index contributed by atoms with van der Waals surface area (Å²) in [6.45, 7) is 9.41. The van der Waals surface area contributed by atoms with Gasteiger partial charge in [0.05, 0.1) is 6.04 Å². The Morgan fingerprint density at radius 2 is 2.00 bits per heavy atom. The van der Waals surface area contributed by atoms with E-state index in [4.69, 9.17) is 0 Å². The number of amides is 1. The first-order chi connectivity index (χ1) is 8.99. The Morgan fingerprint density at radius 1 is 1.37 bits per heavy atom. The van der Waals surface area contributed by atoms with Crippen LogP contribution in [0.4, 0.5) is 4.39 Å². The molecule has 1 aromatic carbocycles. The number of nitrogens with zero attached hydrogens (tertiary/aromatic N) is 1. The van der Waals surface area contributed by atoms with Crippen molar-refractivity contribution < 1.29 is 9.18 Å². The smallest absolute Gasteiger partial charge is 0.239 e. The molecule has 1 N–H and O–H groups in total. The molecular formula is C15H23FN2O. The minimum atomic E-state index is -0.260. The summed E-state index contributed by atoms with van der Waals surface area (Å²) < 4.78 is 13.4. The zero-order valence-corrected chi connectivity index (χ0v) is 12.2. The van der Waals surface area contributed by atoms with Crippen molar-refractivity contribution in [3.8, 4) is 0 Å². The van der Waals surface area contributed by atoms with Crippen LogP contribution in [0.25, 0.3) is 0 Å². The van der Waals surface area contributed by atoms with E-state index in [0.29, 0.717) is 25.2 Å². The summed E-state index contributed by atoms with van der Waals surface area (Å²) in [4.78, 5) is 13.8. The molecule has 0 heterocycles. The van der Waals surface area contributed by atoms with E-state index in [-0.39, 0.29) is 17.8 Å². The number of carbonyl (C=O) groups is 1. The van der Waals surface area contributed by atoms with Crippen molar-refractivity contribution in [1.82, 2.24) is 10.2 Å². The zero-order valence-electron chi connectivity index (χ0n) is 12.2. The molecule has 0 radical (unpaired) electrons. The van der Waals surface area contributed by atoms with Crippen LogP contribution in [-0.4, -0.2) is 29.9 Å². The fourth-order valence-electron chi connectivity index (χ4n) is 1.91. The topological polar surface area (TPSA) is 32.3 Å². The van der Waals surface area contributed by atoms with Crippen LogP contribution in [0.2, 0.25) is 0 Å². The second kappa shape index (κ2) is 7.24. The molecule has 0 spiro atoms. The number of hydrogen-bond donors (Lipinski definition) is 1. The van der Waals surface area contributed by atoms with E-state index in [1.807, 2.05) is 26.8 Å². The fraction of sp³-hybridized carbons (Fsp3) is 0.533. The van der Waals surface area contributed by atoms with Crippen LogP contribution in [0.5, 0.6) is 0 Å². The van der Waals surface area contributed by atoms with E-state index in [1.165, 1.54) is 6.07 Å². The van der Waals surface area contributed by atoms with Gasteiger partial charge in [-0.25, -0.2) is 4.39 Å². The van der Waals surface area contributed by atoms with Crippen molar-refractivity contribution >= 4 is 5.91 Å². The molecule has 1 unspecified atom stereocenters. The molecule has 0 aromatic heterocycles. The molecule has 1 aromatic rings. The van der Waals surface area contributed by atoms with Crippen molar-refractivity contribution in [3.63, 3.8) is 0 Å². The lowest BCUT2D eigenvalue weighted by molar-refractivity contribution is -0.132.